The van der Waals surface area contributed by atoms with Gasteiger partial charge in [0.2, 0.25) is 0 Å². The van der Waals surface area contributed by atoms with Crippen LogP contribution < -0.4 is 0 Å². The Morgan fingerprint density at radius 1 is 0.476 bits per heavy atom. The van der Waals surface area contributed by atoms with Gasteiger partial charge in [-0.1, -0.05) is 0 Å². The van der Waals surface area contributed by atoms with E-state index in [1.54, 1.807) is 0 Å². The Hall–Kier alpha value is -1.24. The van der Waals surface area contributed by atoms with E-state index in [0.29, 0.717) is 0 Å². The predicted octanol–water partition coefficient (Wildman–Crippen LogP) is 5.17. The number of hydrogen-bond acceptors (Lipinski definition) is 0. The van der Waals surface area contributed by atoms with E-state index in [-0.39, 0.29) is 0 Å². The highest BCUT2D eigenvalue weighted by molar-refractivity contribution is 5.32. The first-order valence-electron chi connectivity index (χ1n) is 4.15. The summed E-state index contributed by atoms with van der Waals surface area (Å²) in [5, 5.41) is 0. The van der Waals surface area contributed by atoms with E-state index < -0.39 is 41.8 Å². The van der Waals surface area contributed by atoms with Crippen molar-refractivity contribution >= 4 is 0 Å². The first kappa shape index (κ1) is 19.8. The van der Waals surface area contributed by atoms with Gasteiger partial charge in [-0.2, -0.15) is 57.1 Å². The molecule has 0 aromatic carbocycles. The molecule has 0 heterocycles. The minimum atomic E-state index is -7.59. The van der Waals surface area contributed by atoms with Crippen LogP contribution in [-0.4, -0.2) is 30.1 Å². The summed E-state index contributed by atoms with van der Waals surface area (Å²) in [4.78, 5) is 0. The van der Waals surface area contributed by atoms with Gasteiger partial charge in [-0.05, 0) is 0 Å². The van der Waals surface area contributed by atoms with Gasteiger partial charge in [-0.25, -0.2) is 4.39 Å². The van der Waals surface area contributed by atoms with Gasteiger partial charge >= 0.3 is 30.1 Å². The topological polar surface area (TPSA) is 0 Å². The molecule has 0 N–H and O–H groups in total. The summed E-state index contributed by atoms with van der Waals surface area (Å²) in [5.74, 6) is -7.41. The summed E-state index contributed by atoms with van der Waals surface area (Å²) in [6.07, 6.45) is -27.2. The molecule has 0 aromatic heterocycles. The molecule has 14 heteroatoms. The molecule has 0 radical (unpaired) electrons. The van der Waals surface area contributed by atoms with Crippen molar-refractivity contribution in [2.75, 3.05) is 0 Å². The number of halogens is 14. The van der Waals surface area contributed by atoms with Crippen molar-refractivity contribution in [2.45, 2.75) is 30.1 Å². The van der Waals surface area contributed by atoms with Crippen LogP contribution >= 0.6 is 0 Å². The summed E-state index contributed by atoms with van der Waals surface area (Å²) in [7, 11) is 0. The molecule has 0 unspecified atom stereocenters. The highest BCUT2D eigenvalue weighted by Crippen LogP contribution is 2.58. The fourth-order valence-electron chi connectivity index (χ4n) is 1.05. The highest BCUT2D eigenvalue weighted by Gasteiger charge is 2.82. The molecule has 0 aliphatic carbocycles. The van der Waals surface area contributed by atoms with Gasteiger partial charge in [0.05, 0.1) is 0 Å². The van der Waals surface area contributed by atoms with Gasteiger partial charge in [0.15, 0.2) is 0 Å². The molecule has 0 saturated carbocycles. The second-order valence-electron chi connectivity index (χ2n) is 3.36. The molecule has 126 valence electrons. The summed E-state index contributed by atoms with van der Waals surface area (Å²) < 4.78 is 169. The van der Waals surface area contributed by atoms with Gasteiger partial charge < -0.3 is 0 Å². The van der Waals surface area contributed by atoms with Crippen molar-refractivity contribution in [3.8, 4) is 0 Å². The molecule has 0 nitrogen and oxygen atoms in total. The Morgan fingerprint density at radius 2 is 0.762 bits per heavy atom. The molecular formula is C7F14. The number of hydrogen-bond donors (Lipinski definition) is 0. The fraction of sp³-hybridized carbons (Fsp3) is 0.714. The van der Waals surface area contributed by atoms with Crippen molar-refractivity contribution in [3.05, 3.63) is 11.7 Å². The molecule has 21 heavy (non-hydrogen) atoms. The van der Waals surface area contributed by atoms with Crippen molar-refractivity contribution in [3.63, 3.8) is 0 Å². The van der Waals surface area contributed by atoms with Crippen LogP contribution in [0.4, 0.5) is 61.5 Å². The number of rotatable bonds is 2. The van der Waals surface area contributed by atoms with Crippen LogP contribution in [-0.2, 0) is 0 Å². The third kappa shape index (κ3) is 3.02. The number of allylic oxidation sites excluding steroid dienone is 1. The summed E-state index contributed by atoms with van der Waals surface area (Å²) in [6, 6.07) is 0. The fourth-order valence-corrected chi connectivity index (χ4v) is 1.05. The lowest BCUT2D eigenvalue weighted by Crippen LogP contribution is -2.60. The molecule has 0 fully saturated rings. The quantitative estimate of drug-likeness (QED) is 0.603. The molecule has 0 saturated heterocycles. The van der Waals surface area contributed by atoms with Crippen LogP contribution in [0.2, 0.25) is 0 Å². The van der Waals surface area contributed by atoms with Crippen LogP contribution in [0, 0.1) is 0 Å². The molecule has 0 aromatic rings. The Labute approximate surface area is 105 Å². The predicted molar refractivity (Wildman–Crippen MR) is 36.2 cm³/mol. The molecule has 0 spiro atoms. The SMILES string of the molecule is FC(F)=C(C(F)(F)C(F)(F)F)C(F)(C(F)(F)F)C(F)(F)F. The maximum Gasteiger partial charge on any atom is 0.458 e. The first-order chi connectivity index (χ1) is 8.82. The lowest BCUT2D eigenvalue weighted by atomic mass is 9.89. The van der Waals surface area contributed by atoms with E-state index >= 15 is 0 Å². The first-order valence-corrected chi connectivity index (χ1v) is 4.15. The van der Waals surface area contributed by atoms with Crippen molar-refractivity contribution in [1.29, 1.82) is 0 Å². The molecule has 0 aliphatic heterocycles. The van der Waals surface area contributed by atoms with Gasteiger partial charge in [-0.3, -0.25) is 0 Å². The van der Waals surface area contributed by atoms with Gasteiger partial charge in [0.25, 0.3) is 6.08 Å². The summed E-state index contributed by atoms with van der Waals surface area (Å²) in [5.41, 5.74) is -12.7. The average molecular weight is 350 g/mol. The van der Waals surface area contributed by atoms with E-state index in [4.69, 9.17) is 0 Å². The molecule has 0 aliphatic rings. The van der Waals surface area contributed by atoms with Gasteiger partial charge in [-0.15, -0.1) is 0 Å². The van der Waals surface area contributed by atoms with E-state index in [0.717, 1.165) is 0 Å². The van der Waals surface area contributed by atoms with Crippen molar-refractivity contribution in [1.82, 2.24) is 0 Å². The largest absolute Gasteiger partial charge is 0.458 e. The van der Waals surface area contributed by atoms with Crippen LogP contribution in [0.1, 0.15) is 0 Å². The van der Waals surface area contributed by atoms with E-state index in [9.17, 15) is 61.5 Å². The Kier molecular flexibility index (Phi) is 4.61. The monoisotopic (exact) mass is 350 g/mol. The smallest absolute Gasteiger partial charge is 0.218 e. The van der Waals surface area contributed by atoms with E-state index in [1.807, 2.05) is 0 Å². The lowest BCUT2D eigenvalue weighted by molar-refractivity contribution is -0.347. The summed E-state index contributed by atoms with van der Waals surface area (Å²) in [6.45, 7) is 0. The second kappa shape index (κ2) is 4.90. The zero-order valence-electron chi connectivity index (χ0n) is 8.79. The zero-order valence-corrected chi connectivity index (χ0v) is 8.79. The molecule has 0 rings (SSSR count). The minimum absolute atomic E-state index is 4.80. The maximum absolute atomic E-state index is 13.0. The third-order valence-electron chi connectivity index (χ3n) is 1.98. The molecule has 0 amide bonds. The normalized spacial score (nSPS) is 15.1. The summed E-state index contributed by atoms with van der Waals surface area (Å²) >= 11 is 0. The molecule has 0 atom stereocenters. The van der Waals surface area contributed by atoms with Crippen molar-refractivity contribution in [2.24, 2.45) is 0 Å². The van der Waals surface area contributed by atoms with Crippen LogP contribution in [0.25, 0.3) is 0 Å². The Balaban J connectivity index is 6.69. The van der Waals surface area contributed by atoms with E-state index in [2.05, 4.69) is 0 Å². The van der Waals surface area contributed by atoms with Gasteiger partial charge in [0, 0.05) is 0 Å². The van der Waals surface area contributed by atoms with Crippen LogP contribution in [0.5, 0.6) is 0 Å². The number of alkyl halides is 12. The molecule has 0 bridgehead atoms. The average Bonchev–Trinajstić information content (AvgIpc) is 2.10. The highest BCUT2D eigenvalue weighted by atomic mass is 19.4. The minimum Gasteiger partial charge on any atom is -0.218 e. The Morgan fingerprint density at radius 3 is 0.905 bits per heavy atom. The van der Waals surface area contributed by atoms with Crippen LogP contribution in [0.15, 0.2) is 11.7 Å². The standard InChI is InChI=1S/C7F14/c8-2(9)1(4(11,12)7(19,20)21)3(10,5(13,14)15)6(16,17)18. The van der Waals surface area contributed by atoms with Crippen LogP contribution in [0.3, 0.4) is 0 Å². The van der Waals surface area contributed by atoms with E-state index in [1.165, 1.54) is 0 Å². The zero-order chi connectivity index (χ0) is 17.7. The lowest BCUT2D eigenvalue weighted by Gasteiger charge is -2.35. The maximum atomic E-state index is 13.0. The van der Waals surface area contributed by atoms with Crippen molar-refractivity contribution < 1.29 is 61.5 Å². The Bertz CT molecular complexity index is 398. The molecular weight excluding hydrogens is 350 g/mol. The van der Waals surface area contributed by atoms with Gasteiger partial charge in [0.1, 0.15) is 5.57 Å². The second-order valence-corrected chi connectivity index (χ2v) is 3.36. The third-order valence-corrected chi connectivity index (χ3v) is 1.98.